The molecule has 0 radical (unpaired) electrons. The Bertz CT molecular complexity index is 572. The van der Waals surface area contributed by atoms with Crippen LogP contribution in [-0.2, 0) is 14.3 Å². The van der Waals surface area contributed by atoms with Crippen LogP contribution in [0.3, 0.4) is 0 Å². The van der Waals surface area contributed by atoms with Crippen LogP contribution in [0.15, 0.2) is 42.2 Å². The van der Waals surface area contributed by atoms with Crippen LogP contribution in [0.5, 0.6) is 0 Å². The van der Waals surface area contributed by atoms with E-state index in [2.05, 4.69) is 11.6 Å². The second kappa shape index (κ2) is 5.73. The summed E-state index contributed by atoms with van der Waals surface area (Å²) in [5.41, 5.74) is 0.999. The van der Waals surface area contributed by atoms with E-state index in [-0.39, 0.29) is 24.0 Å². The lowest BCUT2D eigenvalue weighted by Gasteiger charge is -2.11. The molecule has 0 spiro atoms. The molecule has 0 fully saturated rings. The minimum absolute atomic E-state index is 0.00875. The highest BCUT2D eigenvalue weighted by molar-refractivity contribution is 6.03. The summed E-state index contributed by atoms with van der Waals surface area (Å²) in [6.07, 6.45) is 4.25. The van der Waals surface area contributed by atoms with Gasteiger partial charge in [0, 0.05) is 18.8 Å². The largest absolute Gasteiger partial charge is 0.479 e. The highest BCUT2D eigenvalue weighted by atomic mass is 16.5. The van der Waals surface area contributed by atoms with Crippen LogP contribution >= 0.6 is 0 Å². The van der Waals surface area contributed by atoms with Crippen LogP contribution in [0.2, 0.25) is 0 Å². The van der Waals surface area contributed by atoms with Crippen LogP contribution in [-0.4, -0.2) is 34.1 Å². The average molecular weight is 276 g/mol. The molecule has 106 valence electrons. The molecule has 0 saturated heterocycles. The van der Waals surface area contributed by atoms with Gasteiger partial charge in [-0.25, -0.2) is 9.78 Å². The molecule has 2 rings (SSSR count). The Labute approximate surface area is 116 Å². The zero-order chi connectivity index (χ0) is 14.7. The van der Waals surface area contributed by atoms with E-state index in [1.807, 2.05) is 0 Å². The predicted molar refractivity (Wildman–Crippen MR) is 70.8 cm³/mol. The van der Waals surface area contributed by atoms with Gasteiger partial charge in [0.1, 0.15) is 12.4 Å². The number of esters is 1. The molecule has 6 heteroatoms. The number of hydrogen-bond acceptors (Lipinski definition) is 5. The molecule has 6 nitrogen and oxygen atoms in total. The summed E-state index contributed by atoms with van der Waals surface area (Å²) in [5.74, 6) is -0.955. The monoisotopic (exact) mass is 276 g/mol. The number of carbonyl (C=O) groups is 2. The number of imidazole rings is 1. The number of aromatic nitrogens is 2. The third-order valence-corrected chi connectivity index (χ3v) is 2.93. The summed E-state index contributed by atoms with van der Waals surface area (Å²) in [5, 5.41) is 0. The first kappa shape index (κ1) is 14.0. The van der Waals surface area contributed by atoms with E-state index in [1.165, 1.54) is 23.3 Å². The molecule has 0 bridgehead atoms. The van der Waals surface area contributed by atoms with E-state index in [0.717, 1.165) is 5.57 Å². The van der Waals surface area contributed by atoms with Crippen molar-refractivity contribution in [2.75, 3.05) is 6.61 Å². The van der Waals surface area contributed by atoms with Crippen molar-refractivity contribution < 1.29 is 19.1 Å². The lowest BCUT2D eigenvalue weighted by atomic mass is 10.1. The minimum atomic E-state index is -0.528. The molecule has 1 unspecified atom stereocenters. The number of hydrogen-bond donors (Lipinski definition) is 0. The van der Waals surface area contributed by atoms with E-state index in [9.17, 15) is 9.59 Å². The van der Waals surface area contributed by atoms with Gasteiger partial charge >= 0.3 is 5.97 Å². The molecule has 0 amide bonds. The van der Waals surface area contributed by atoms with E-state index in [0.29, 0.717) is 6.42 Å². The quantitative estimate of drug-likeness (QED) is 0.618. The number of rotatable bonds is 4. The van der Waals surface area contributed by atoms with Gasteiger partial charge in [0.05, 0.1) is 12.2 Å². The van der Waals surface area contributed by atoms with Gasteiger partial charge in [-0.1, -0.05) is 6.58 Å². The third kappa shape index (κ3) is 2.64. The standard InChI is InChI=1S/C14H16N2O4/c1-4-19-14(18)10-7-11(9(2)3)20-12(10)13(17)16-6-5-15-8-16/h5-6,8,11H,2,4,7H2,1,3H3. The molecule has 20 heavy (non-hydrogen) atoms. The number of allylic oxidation sites excluding steroid dienone is 1. The summed E-state index contributed by atoms with van der Waals surface area (Å²) in [6, 6.07) is 0. The second-order valence-electron chi connectivity index (χ2n) is 4.46. The summed E-state index contributed by atoms with van der Waals surface area (Å²) >= 11 is 0. The molecular formula is C14H16N2O4. The molecule has 2 heterocycles. The van der Waals surface area contributed by atoms with E-state index in [4.69, 9.17) is 9.47 Å². The number of ether oxygens (including phenoxy) is 2. The van der Waals surface area contributed by atoms with Crippen molar-refractivity contribution >= 4 is 11.9 Å². The van der Waals surface area contributed by atoms with Gasteiger partial charge in [0.25, 0.3) is 5.91 Å². The molecule has 0 aliphatic carbocycles. The Morgan fingerprint density at radius 1 is 1.60 bits per heavy atom. The van der Waals surface area contributed by atoms with Gasteiger partial charge in [0.2, 0.25) is 0 Å². The molecule has 0 N–H and O–H groups in total. The summed E-state index contributed by atoms with van der Waals surface area (Å²) < 4.78 is 11.8. The normalized spacial score (nSPS) is 17.8. The number of nitrogens with zero attached hydrogens (tertiary/aromatic N) is 2. The average Bonchev–Trinajstić information content (AvgIpc) is 3.07. The van der Waals surface area contributed by atoms with Gasteiger partial charge in [-0.15, -0.1) is 0 Å². The van der Waals surface area contributed by atoms with Crippen LogP contribution < -0.4 is 0 Å². The maximum atomic E-state index is 12.3. The molecular weight excluding hydrogens is 260 g/mol. The van der Waals surface area contributed by atoms with Crippen molar-refractivity contribution in [3.8, 4) is 0 Å². The molecule has 0 saturated carbocycles. The Hall–Kier alpha value is -2.37. The Morgan fingerprint density at radius 2 is 2.35 bits per heavy atom. The second-order valence-corrected chi connectivity index (χ2v) is 4.46. The van der Waals surface area contributed by atoms with Crippen molar-refractivity contribution in [1.82, 2.24) is 9.55 Å². The van der Waals surface area contributed by atoms with Crippen LogP contribution in [0, 0.1) is 0 Å². The van der Waals surface area contributed by atoms with Crippen molar-refractivity contribution in [1.29, 1.82) is 0 Å². The fraction of sp³-hybridized carbons (Fsp3) is 0.357. The van der Waals surface area contributed by atoms with Gasteiger partial charge in [-0.05, 0) is 19.4 Å². The molecule has 1 aliphatic heterocycles. The van der Waals surface area contributed by atoms with E-state index in [1.54, 1.807) is 13.8 Å². The molecule has 1 aromatic rings. The van der Waals surface area contributed by atoms with Gasteiger partial charge in [0.15, 0.2) is 5.76 Å². The first-order valence-corrected chi connectivity index (χ1v) is 6.29. The predicted octanol–water partition coefficient (Wildman–Crippen LogP) is 1.71. The smallest absolute Gasteiger partial charge is 0.338 e. The summed E-state index contributed by atoms with van der Waals surface area (Å²) in [7, 11) is 0. The first-order chi connectivity index (χ1) is 9.54. The van der Waals surface area contributed by atoms with Crippen LogP contribution in [0.4, 0.5) is 0 Å². The zero-order valence-electron chi connectivity index (χ0n) is 11.5. The van der Waals surface area contributed by atoms with Crippen molar-refractivity contribution in [3.05, 3.63) is 42.2 Å². The molecule has 0 aromatic carbocycles. The summed E-state index contributed by atoms with van der Waals surface area (Å²) in [6.45, 7) is 7.54. The maximum Gasteiger partial charge on any atom is 0.338 e. The lowest BCUT2D eigenvalue weighted by molar-refractivity contribution is -0.138. The highest BCUT2D eigenvalue weighted by Gasteiger charge is 2.35. The molecule has 1 aromatic heterocycles. The zero-order valence-corrected chi connectivity index (χ0v) is 11.5. The Morgan fingerprint density at radius 3 is 2.90 bits per heavy atom. The minimum Gasteiger partial charge on any atom is -0.479 e. The summed E-state index contributed by atoms with van der Waals surface area (Å²) in [4.78, 5) is 28.0. The van der Waals surface area contributed by atoms with Crippen molar-refractivity contribution in [2.24, 2.45) is 0 Å². The number of carbonyl (C=O) groups excluding carboxylic acids is 2. The Balaban J connectivity index is 2.32. The SMILES string of the molecule is C=C(C)C1CC(C(=O)OCC)=C(C(=O)n2ccnc2)O1. The van der Waals surface area contributed by atoms with Gasteiger partial charge in [-0.2, -0.15) is 0 Å². The molecule has 1 aliphatic rings. The fourth-order valence-electron chi connectivity index (χ4n) is 1.88. The fourth-order valence-corrected chi connectivity index (χ4v) is 1.88. The first-order valence-electron chi connectivity index (χ1n) is 6.29. The van der Waals surface area contributed by atoms with Crippen LogP contribution in [0.1, 0.15) is 25.1 Å². The highest BCUT2D eigenvalue weighted by Crippen LogP contribution is 2.30. The van der Waals surface area contributed by atoms with E-state index >= 15 is 0 Å². The lowest BCUT2D eigenvalue weighted by Crippen LogP contribution is -2.17. The maximum absolute atomic E-state index is 12.3. The third-order valence-electron chi connectivity index (χ3n) is 2.93. The van der Waals surface area contributed by atoms with E-state index < -0.39 is 11.9 Å². The van der Waals surface area contributed by atoms with Crippen molar-refractivity contribution in [3.63, 3.8) is 0 Å². The van der Waals surface area contributed by atoms with Crippen molar-refractivity contribution in [2.45, 2.75) is 26.4 Å². The molecule has 1 atom stereocenters. The van der Waals surface area contributed by atoms with Gasteiger partial charge < -0.3 is 9.47 Å². The van der Waals surface area contributed by atoms with Gasteiger partial charge in [-0.3, -0.25) is 9.36 Å². The van der Waals surface area contributed by atoms with Crippen LogP contribution in [0.25, 0.3) is 0 Å². The Kier molecular flexibility index (Phi) is 4.02. The topological polar surface area (TPSA) is 70.4 Å².